The van der Waals surface area contributed by atoms with Gasteiger partial charge in [-0.05, 0) is 42.8 Å². The van der Waals surface area contributed by atoms with E-state index in [1.54, 1.807) is 18.3 Å². The number of benzene rings is 1. The molecule has 7 nitrogen and oxygen atoms in total. The summed E-state index contributed by atoms with van der Waals surface area (Å²) in [6.07, 6.45) is 1.73. The van der Waals surface area contributed by atoms with Crippen molar-refractivity contribution >= 4 is 38.6 Å². The number of rotatable bonds is 3. The van der Waals surface area contributed by atoms with Crippen molar-refractivity contribution in [1.82, 2.24) is 14.8 Å². The number of carbonyl (C=O) groups excluding carboxylic acids is 1. The molecule has 0 saturated heterocycles. The second-order valence-corrected chi connectivity index (χ2v) is 7.50. The third-order valence-corrected chi connectivity index (χ3v) is 5.03. The monoisotopic (exact) mass is 430 g/mol. The summed E-state index contributed by atoms with van der Waals surface area (Å²) in [5, 5.41) is 8.12. The van der Waals surface area contributed by atoms with E-state index in [0.717, 1.165) is 15.5 Å². The summed E-state index contributed by atoms with van der Waals surface area (Å²) in [4.78, 5) is 17.5. The molecule has 0 atom stereocenters. The molecule has 3 aromatic rings. The molecule has 0 saturated carbocycles. The highest BCUT2D eigenvalue weighted by atomic mass is 79.9. The minimum absolute atomic E-state index is 0.197. The maximum Gasteiger partial charge on any atom is 0.257 e. The fourth-order valence-corrected chi connectivity index (χ4v) is 3.44. The Labute approximate surface area is 164 Å². The van der Waals surface area contributed by atoms with Gasteiger partial charge < -0.3 is 14.8 Å². The van der Waals surface area contributed by atoms with Gasteiger partial charge in [0, 0.05) is 28.0 Å². The Kier molecular flexibility index (Phi) is 4.51. The Morgan fingerprint density at radius 2 is 1.93 bits per heavy atom. The molecular formula is C19H19BrN4O3. The van der Waals surface area contributed by atoms with E-state index in [4.69, 9.17) is 9.47 Å². The Balaban J connectivity index is 1.66. The molecule has 0 radical (unpaired) electrons. The molecule has 1 N–H and O–H groups in total. The number of amides is 1. The summed E-state index contributed by atoms with van der Waals surface area (Å²) in [5.74, 6) is 1.03. The highest BCUT2D eigenvalue weighted by molar-refractivity contribution is 9.10. The third-order valence-electron chi connectivity index (χ3n) is 4.37. The molecule has 2 aromatic heterocycles. The molecule has 1 aliphatic heterocycles. The van der Waals surface area contributed by atoms with E-state index in [9.17, 15) is 4.79 Å². The normalized spacial score (nSPS) is 13.2. The van der Waals surface area contributed by atoms with E-state index in [-0.39, 0.29) is 11.9 Å². The number of aromatic nitrogens is 3. The first kappa shape index (κ1) is 17.8. The number of ether oxygens (including phenoxy) is 2. The average Bonchev–Trinajstić information content (AvgIpc) is 3.04. The van der Waals surface area contributed by atoms with Crippen LogP contribution in [-0.2, 0) is 0 Å². The fourth-order valence-electron chi connectivity index (χ4n) is 3.02. The fraction of sp³-hybridized carbons (Fsp3) is 0.316. The number of fused-ring (bicyclic) bond motifs is 2. The molecule has 27 heavy (non-hydrogen) atoms. The van der Waals surface area contributed by atoms with Crippen molar-refractivity contribution < 1.29 is 14.3 Å². The molecule has 4 rings (SSSR count). The first-order valence-electron chi connectivity index (χ1n) is 8.69. The highest BCUT2D eigenvalue weighted by Gasteiger charge is 2.19. The molecule has 3 heterocycles. The van der Waals surface area contributed by atoms with Gasteiger partial charge in [-0.2, -0.15) is 5.10 Å². The van der Waals surface area contributed by atoms with Crippen LogP contribution in [0.1, 0.15) is 35.9 Å². The summed E-state index contributed by atoms with van der Waals surface area (Å²) < 4.78 is 13.7. The van der Waals surface area contributed by atoms with Crippen LogP contribution in [0, 0.1) is 6.92 Å². The van der Waals surface area contributed by atoms with E-state index in [0.29, 0.717) is 41.7 Å². The van der Waals surface area contributed by atoms with Gasteiger partial charge in [-0.3, -0.25) is 4.79 Å². The smallest absolute Gasteiger partial charge is 0.257 e. The van der Waals surface area contributed by atoms with Gasteiger partial charge in [-0.15, -0.1) is 0 Å². The van der Waals surface area contributed by atoms with E-state index >= 15 is 0 Å². The zero-order valence-corrected chi connectivity index (χ0v) is 16.8. The first-order chi connectivity index (χ1) is 12.9. The number of hydrogen-bond acceptors (Lipinski definition) is 5. The van der Waals surface area contributed by atoms with Crippen LogP contribution in [0.25, 0.3) is 11.0 Å². The van der Waals surface area contributed by atoms with E-state index in [1.807, 2.05) is 31.5 Å². The summed E-state index contributed by atoms with van der Waals surface area (Å²) >= 11 is 3.47. The summed E-state index contributed by atoms with van der Waals surface area (Å²) in [5.41, 5.74) is 2.55. The molecule has 0 fully saturated rings. The van der Waals surface area contributed by atoms with Crippen LogP contribution in [0.3, 0.4) is 0 Å². The van der Waals surface area contributed by atoms with Gasteiger partial charge in [0.2, 0.25) is 0 Å². The second-order valence-electron chi connectivity index (χ2n) is 6.65. The Bertz CT molecular complexity index is 1050. The van der Waals surface area contributed by atoms with Gasteiger partial charge >= 0.3 is 0 Å². The topological polar surface area (TPSA) is 78.3 Å². The number of pyridine rings is 1. The maximum absolute atomic E-state index is 12.9. The Morgan fingerprint density at radius 1 is 1.22 bits per heavy atom. The standard InChI is InChI=1S/C19H19BrN4O3/c1-10(2)24-18-12(9-21-24)6-13(11(3)22-18)19(25)23-15-8-17-16(7-14(15)20)26-4-5-27-17/h6-10H,4-5H2,1-3H3,(H,23,25). The van der Waals surface area contributed by atoms with Gasteiger partial charge in [0.15, 0.2) is 17.1 Å². The minimum Gasteiger partial charge on any atom is -0.486 e. The van der Waals surface area contributed by atoms with Crippen LogP contribution < -0.4 is 14.8 Å². The van der Waals surface area contributed by atoms with Gasteiger partial charge in [0.25, 0.3) is 5.91 Å². The first-order valence-corrected chi connectivity index (χ1v) is 9.48. The maximum atomic E-state index is 12.9. The second kappa shape index (κ2) is 6.84. The molecule has 0 aliphatic carbocycles. The average molecular weight is 431 g/mol. The van der Waals surface area contributed by atoms with Crippen molar-refractivity contribution in [3.05, 3.63) is 40.1 Å². The molecule has 1 aromatic carbocycles. The van der Waals surface area contributed by atoms with Gasteiger partial charge in [0.05, 0.1) is 23.1 Å². The quantitative estimate of drug-likeness (QED) is 0.676. The van der Waals surface area contributed by atoms with Crippen molar-refractivity contribution in [2.75, 3.05) is 18.5 Å². The van der Waals surface area contributed by atoms with E-state index in [1.165, 1.54) is 0 Å². The van der Waals surface area contributed by atoms with Crippen LogP contribution in [0.15, 0.2) is 28.9 Å². The lowest BCUT2D eigenvalue weighted by atomic mass is 10.1. The SMILES string of the molecule is Cc1nc2c(cnn2C(C)C)cc1C(=O)Nc1cc2c(cc1Br)OCCO2. The van der Waals surface area contributed by atoms with Crippen LogP contribution in [0.4, 0.5) is 5.69 Å². The molecule has 8 heteroatoms. The number of aryl methyl sites for hydroxylation is 1. The number of carbonyl (C=O) groups is 1. The summed E-state index contributed by atoms with van der Waals surface area (Å²) in [6.45, 7) is 6.92. The largest absolute Gasteiger partial charge is 0.486 e. The molecule has 1 aliphatic rings. The van der Waals surface area contributed by atoms with Crippen molar-refractivity contribution in [3.63, 3.8) is 0 Å². The van der Waals surface area contributed by atoms with Gasteiger partial charge in [-0.25, -0.2) is 9.67 Å². The molecule has 140 valence electrons. The number of nitrogens with one attached hydrogen (secondary N) is 1. The van der Waals surface area contributed by atoms with E-state index < -0.39 is 0 Å². The zero-order chi connectivity index (χ0) is 19.1. The lowest BCUT2D eigenvalue weighted by molar-refractivity contribution is 0.102. The van der Waals surface area contributed by atoms with Crippen LogP contribution in [0.5, 0.6) is 11.5 Å². The Hall–Kier alpha value is -2.61. The van der Waals surface area contributed by atoms with Crippen molar-refractivity contribution in [2.24, 2.45) is 0 Å². The lowest BCUT2D eigenvalue weighted by Crippen LogP contribution is -2.17. The third kappa shape index (κ3) is 3.25. The number of halogens is 1. The van der Waals surface area contributed by atoms with Crippen LogP contribution in [-0.4, -0.2) is 33.9 Å². The molecule has 1 amide bonds. The number of nitrogens with zero attached hydrogens (tertiary/aromatic N) is 3. The van der Waals surface area contributed by atoms with Crippen LogP contribution >= 0.6 is 15.9 Å². The minimum atomic E-state index is -0.239. The van der Waals surface area contributed by atoms with Gasteiger partial charge in [-0.1, -0.05) is 0 Å². The predicted molar refractivity (Wildman–Crippen MR) is 106 cm³/mol. The molecule has 0 unspecified atom stereocenters. The van der Waals surface area contributed by atoms with Crippen molar-refractivity contribution in [3.8, 4) is 11.5 Å². The van der Waals surface area contributed by atoms with E-state index in [2.05, 4.69) is 31.3 Å². The number of anilines is 1. The summed E-state index contributed by atoms with van der Waals surface area (Å²) in [6, 6.07) is 5.58. The molecular weight excluding hydrogens is 412 g/mol. The lowest BCUT2D eigenvalue weighted by Gasteiger charge is -2.20. The van der Waals surface area contributed by atoms with Gasteiger partial charge in [0.1, 0.15) is 13.2 Å². The van der Waals surface area contributed by atoms with Crippen molar-refractivity contribution in [1.29, 1.82) is 0 Å². The summed E-state index contributed by atoms with van der Waals surface area (Å²) in [7, 11) is 0. The molecule has 0 bridgehead atoms. The predicted octanol–water partition coefficient (Wildman–Crippen LogP) is 4.11. The molecule has 0 spiro atoms. The Morgan fingerprint density at radius 3 is 2.63 bits per heavy atom. The zero-order valence-electron chi connectivity index (χ0n) is 15.2. The number of hydrogen-bond donors (Lipinski definition) is 1. The van der Waals surface area contributed by atoms with Crippen molar-refractivity contribution in [2.45, 2.75) is 26.8 Å². The highest BCUT2D eigenvalue weighted by Crippen LogP contribution is 2.38. The van der Waals surface area contributed by atoms with Crippen LogP contribution in [0.2, 0.25) is 0 Å².